The first kappa shape index (κ1) is 17.1. The van der Waals surface area contributed by atoms with Crippen LogP contribution in [0.3, 0.4) is 0 Å². The van der Waals surface area contributed by atoms with Gasteiger partial charge in [-0.1, -0.05) is 31.4 Å². The van der Waals surface area contributed by atoms with Crippen LogP contribution in [-0.4, -0.2) is 23.5 Å². The van der Waals surface area contributed by atoms with Crippen LogP contribution in [0.4, 0.5) is 0 Å². The first-order chi connectivity index (χ1) is 11.7. The van der Waals surface area contributed by atoms with Gasteiger partial charge in [0.2, 0.25) is 0 Å². The molecule has 1 amide bonds. The van der Waals surface area contributed by atoms with Gasteiger partial charge in [0.05, 0.1) is 10.7 Å². The average Bonchev–Trinajstić information content (AvgIpc) is 3.07. The van der Waals surface area contributed by atoms with E-state index in [-0.39, 0.29) is 11.9 Å². The molecule has 1 aromatic carbocycles. The van der Waals surface area contributed by atoms with Crippen LogP contribution in [0.25, 0.3) is 11.3 Å². The van der Waals surface area contributed by atoms with E-state index in [1.54, 1.807) is 11.3 Å². The second-order valence-electron chi connectivity index (χ2n) is 6.55. The van der Waals surface area contributed by atoms with Gasteiger partial charge in [-0.2, -0.15) is 0 Å². The lowest BCUT2D eigenvalue weighted by atomic mass is 9.84. The molecular formula is C19H25N3OS. The molecule has 1 aliphatic carbocycles. The summed E-state index contributed by atoms with van der Waals surface area (Å²) in [6.45, 7) is 2.49. The zero-order valence-corrected chi connectivity index (χ0v) is 14.9. The first-order valence-corrected chi connectivity index (χ1v) is 9.59. The second kappa shape index (κ2) is 7.90. The van der Waals surface area contributed by atoms with Gasteiger partial charge in [-0.25, -0.2) is 4.98 Å². The van der Waals surface area contributed by atoms with Crippen LogP contribution in [0.5, 0.6) is 0 Å². The highest BCUT2D eigenvalue weighted by Gasteiger charge is 2.24. The van der Waals surface area contributed by atoms with Crippen LogP contribution in [0, 0.1) is 12.8 Å². The number of nitrogens with zero attached hydrogens (tertiary/aromatic N) is 1. The van der Waals surface area contributed by atoms with E-state index in [9.17, 15) is 4.79 Å². The van der Waals surface area contributed by atoms with E-state index in [0.29, 0.717) is 18.0 Å². The van der Waals surface area contributed by atoms with Gasteiger partial charge in [0.1, 0.15) is 0 Å². The Balaban J connectivity index is 1.72. The van der Waals surface area contributed by atoms with Crippen LogP contribution in [0.2, 0.25) is 0 Å². The average molecular weight is 343 g/mol. The van der Waals surface area contributed by atoms with Crippen molar-refractivity contribution in [2.24, 2.45) is 11.7 Å². The zero-order chi connectivity index (χ0) is 16.9. The van der Waals surface area contributed by atoms with Gasteiger partial charge in [0.25, 0.3) is 5.91 Å². The lowest BCUT2D eigenvalue weighted by molar-refractivity contribution is 0.0915. The van der Waals surface area contributed by atoms with Crippen molar-refractivity contribution in [1.82, 2.24) is 10.3 Å². The minimum atomic E-state index is -0.0372. The van der Waals surface area contributed by atoms with Crippen LogP contribution in [0.1, 0.15) is 47.5 Å². The van der Waals surface area contributed by atoms with E-state index < -0.39 is 0 Å². The Kier molecular flexibility index (Phi) is 5.63. The van der Waals surface area contributed by atoms with Crippen molar-refractivity contribution in [2.75, 3.05) is 6.54 Å². The smallest absolute Gasteiger partial charge is 0.251 e. The standard InChI is InChI=1S/C19H25N3OS/c1-13-21-18(12-24-13)15-8-5-9-16(10-15)19(23)22-17(11-20)14-6-3-2-4-7-14/h5,8-10,12,14,17H,2-4,6-7,11,20H2,1H3,(H,22,23). The Morgan fingerprint density at radius 2 is 2.17 bits per heavy atom. The molecule has 1 aliphatic rings. The lowest BCUT2D eigenvalue weighted by Crippen LogP contribution is -2.45. The second-order valence-corrected chi connectivity index (χ2v) is 7.61. The third-order valence-electron chi connectivity index (χ3n) is 4.83. The number of benzene rings is 1. The highest BCUT2D eigenvalue weighted by molar-refractivity contribution is 7.09. The van der Waals surface area contributed by atoms with Gasteiger partial charge in [-0.05, 0) is 37.8 Å². The molecule has 1 unspecified atom stereocenters. The van der Waals surface area contributed by atoms with E-state index in [2.05, 4.69) is 10.3 Å². The van der Waals surface area contributed by atoms with E-state index in [4.69, 9.17) is 5.73 Å². The highest BCUT2D eigenvalue weighted by atomic mass is 32.1. The lowest BCUT2D eigenvalue weighted by Gasteiger charge is -2.30. The summed E-state index contributed by atoms with van der Waals surface area (Å²) < 4.78 is 0. The zero-order valence-electron chi connectivity index (χ0n) is 14.1. The molecule has 1 atom stereocenters. The largest absolute Gasteiger partial charge is 0.348 e. The molecule has 3 N–H and O–H groups in total. The van der Waals surface area contributed by atoms with Crippen LogP contribution in [-0.2, 0) is 0 Å². The van der Waals surface area contributed by atoms with Crippen molar-refractivity contribution >= 4 is 17.2 Å². The normalized spacial score (nSPS) is 16.8. The summed E-state index contributed by atoms with van der Waals surface area (Å²) in [6.07, 6.45) is 6.13. The number of nitrogens with one attached hydrogen (secondary N) is 1. The molecule has 0 aliphatic heterocycles. The predicted octanol–water partition coefficient (Wildman–Crippen LogP) is 3.76. The summed E-state index contributed by atoms with van der Waals surface area (Å²) in [6, 6.07) is 7.75. The van der Waals surface area contributed by atoms with Gasteiger partial charge < -0.3 is 11.1 Å². The number of hydrogen-bond donors (Lipinski definition) is 2. The van der Waals surface area contributed by atoms with E-state index in [1.807, 2.05) is 36.6 Å². The van der Waals surface area contributed by atoms with Crippen molar-refractivity contribution < 1.29 is 4.79 Å². The molecule has 0 radical (unpaired) electrons. The molecule has 4 nitrogen and oxygen atoms in total. The summed E-state index contributed by atoms with van der Waals surface area (Å²) in [4.78, 5) is 17.2. The maximum atomic E-state index is 12.7. The summed E-state index contributed by atoms with van der Waals surface area (Å²) >= 11 is 1.62. The third kappa shape index (κ3) is 4.02. The Hall–Kier alpha value is -1.72. The first-order valence-electron chi connectivity index (χ1n) is 8.71. The Labute approximate surface area is 147 Å². The number of nitrogens with two attached hydrogens (primary N) is 1. The number of aryl methyl sites for hydroxylation is 1. The number of carbonyl (C=O) groups excluding carboxylic acids is 1. The summed E-state index contributed by atoms with van der Waals surface area (Å²) in [5.74, 6) is 0.474. The van der Waals surface area contributed by atoms with Gasteiger partial charge in [0.15, 0.2) is 0 Å². The van der Waals surface area contributed by atoms with Crippen molar-refractivity contribution in [1.29, 1.82) is 0 Å². The molecule has 24 heavy (non-hydrogen) atoms. The molecule has 5 heteroatoms. The quantitative estimate of drug-likeness (QED) is 0.868. The molecule has 1 saturated carbocycles. The highest BCUT2D eigenvalue weighted by Crippen LogP contribution is 2.27. The molecule has 1 heterocycles. The summed E-state index contributed by atoms with van der Waals surface area (Å²) in [5.41, 5.74) is 8.51. The minimum absolute atomic E-state index is 0.0372. The number of aromatic nitrogens is 1. The molecule has 128 valence electrons. The number of hydrogen-bond acceptors (Lipinski definition) is 4. The van der Waals surface area contributed by atoms with Crippen molar-refractivity contribution in [3.63, 3.8) is 0 Å². The molecule has 0 bridgehead atoms. The van der Waals surface area contributed by atoms with Crippen LogP contribution >= 0.6 is 11.3 Å². The molecule has 2 aromatic rings. The summed E-state index contributed by atoms with van der Waals surface area (Å²) in [5, 5.41) is 6.21. The molecule has 1 aromatic heterocycles. The fourth-order valence-electron chi connectivity index (χ4n) is 3.47. The fourth-order valence-corrected chi connectivity index (χ4v) is 4.10. The molecule has 0 saturated heterocycles. The van der Waals surface area contributed by atoms with E-state index >= 15 is 0 Å². The van der Waals surface area contributed by atoms with Crippen molar-refractivity contribution in [3.8, 4) is 11.3 Å². The molecule has 3 rings (SSSR count). The minimum Gasteiger partial charge on any atom is -0.348 e. The van der Waals surface area contributed by atoms with E-state index in [1.165, 1.54) is 32.1 Å². The van der Waals surface area contributed by atoms with Gasteiger partial charge in [0, 0.05) is 29.1 Å². The summed E-state index contributed by atoms with van der Waals surface area (Å²) in [7, 11) is 0. The number of thiazole rings is 1. The maximum absolute atomic E-state index is 12.7. The maximum Gasteiger partial charge on any atom is 0.251 e. The van der Waals surface area contributed by atoms with Gasteiger partial charge >= 0.3 is 0 Å². The Morgan fingerprint density at radius 1 is 1.38 bits per heavy atom. The Bertz CT molecular complexity index is 691. The van der Waals surface area contributed by atoms with Crippen molar-refractivity contribution in [2.45, 2.75) is 45.1 Å². The number of rotatable bonds is 5. The number of amides is 1. The fraction of sp³-hybridized carbons (Fsp3) is 0.474. The Morgan fingerprint density at radius 3 is 2.83 bits per heavy atom. The SMILES string of the molecule is Cc1nc(-c2cccc(C(=O)NC(CN)C3CCCCC3)c2)cs1. The number of carbonyl (C=O) groups is 1. The van der Waals surface area contributed by atoms with Gasteiger partial charge in [-0.3, -0.25) is 4.79 Å². The molecule has 0 spiro atoms. The molecule has 1 fully saturated rings. The predicted molar refractivity (Wildman–Crippen MR) is 99.2 cm³/mol. The molecular weight excluding hydrogens is 318 g/mol. The van der Waals surface area contributed by atoms with Crippen LogP contribution < -0.4 is 11.1 Å². The van der Waals surface area contributed by atoms with Crippen LogP contribution in [0.15, 0.2) is 29.6 Å². The third-order valence-corrected chi connectivity index (χ3v) is 5.60. The van der Waals surface area contributed by atoms with Crippen molar-refractivity contribution in [3.05, 3.63) is 40.2 Å². The van der Waals surface area contributed by atoms with Gasteiger partial charge in [-0.15, -0.1) is 11.3 Å². The monoisotopic (exact) mass is 343 g/mol. The topological polar surface area (TPSA) is 68.0 Å². The van der Waals surface area contributed by atoms with E-state index in [0.717, 1.165) is 16.3 Å².